The molecule has 4 aliphatic rings. The average Bonchev–Trinajstić information content (AvgIpc) is 3.32. The third-order valence-electron chi connectivity index (χ3n) is 9.27. The number of benzene rings is 2. The Hall–Kier alpha value is -2.77. The van der Waals surface area contributed by atoms with Crippen LogP contribution in [-0.2, 0) is 24.8 Å². The first-order valence-corrected chi connectivity index (χ1v) is 12.5. The zero-order valence-electron chi connectivity index (χ0n) is 20.4. The summed E-state index contributed by atoms with van der Waals surface area (Å²) in [5.41, 5.74) is 8.13. The van der Waals surface area contributed by atoms with Crippen LogP contribution in [0.25, 0.3) is 10.9 Å². The standard InChI is InChI=1S/C27H27N3O.C2H6/c1-16-8-9-17-14-21-26(2)15-19-18-6-4-5-7-20(18)30(13-11-28)23(19)25-27(26,10-12-29(21)3)22(17)24(16)31-25;1-2/h4-9,21,25H,10,12-15H2,1-3H3;1-2H3/t21-,25?,26+,27+;/m1./s1. The summed E-state index contributed by atoms with van der Waals surface area (Å²) < 4.78 is 9.26. The van der Waals surface area contributed by atoms with Gasteiger partial charge in [0.25, 0.3) is 0 Å². The molecule has 1 saturated heterocycles. The molecular weight excluding hydrogens is 406 g/mol. The number of nitrogens with zero attached hydrogens (tertiary/aromatic N) is 3. The number of likely N-dealkylation sites (N-methyl/N-ethyl adjacent to an activating group) is 1. The van der Waals surface area contributed by atoms with Crippen LogP contribution in [0.2, 0.25) is 0 Å². The van der Waals surface area contributed by atoms with Gasteiger partial charge in [0.05, 0.1) is 17.2 Å². The van der Waals surface area contributed by atoms with Gasteiger partial charge >= 0.3 is 0 Å². The Morgan fingerprint density at radius 1 is 1.18 bits per heavy atom. The predicted octanol–water partition coefficient (Wildman–Crippen LogP) is 5.69. The van der Waals surface area contributed by atoms with E-state index in [1.54, 1.807) is 0 Å². The van der Waals surface area contributed by atoms with Crippen molar-refractivity contribution in [3.63, 3.8) is 0 Å². The number of fused-ring (bicyclic) bond motifs is 4. The van der Waals surface area contributed by atoms with Gasteiger partial charge in [-0.1, -0.05) is 51.1 Å². The Kier molecular flexibility index (Phi) is 4.33. The van der Waals surface area contributed by atoms with E-state index in [9.17, 15) is 5.26 Å². The number of piperidine rings is 1. The monoisotopic (exact) mass is 439 g/mol. The fourth-order valence-corrected chi connectivity index (χ4v) is 7.95. The highest BCUT2D eigenvalue weighted by Crippen LogP contribution is 2.71. The number of likely N-dealkylation sites (tertiary alicyclic amines) is 1. The molecule has 4 atom stereocenters. The van der Waals surface area contributed by atoms with Crippen molar-refractivity contribution in [1.82, 2.24) is 9.47 Å². The van der Waals surface area contributed by atoms with Gasteiger partial charge in [-0.3, -0.25) is 0 Å². The fourth-order valence-electron chi connectivity index (χ4n) is 7.95. The molecule has 33 heavy (non-hydrogen) atoms. The maximum Gasteiger partial charge on any atom is 0.149 e. The van der Waals surface area contributed by atoms with Crippen molar-refractivity contribution in [3.05, 3.63) is 64.3 Å². The van der Waals surface area contributed by atoms with Crippen molar-refractivity contribution >= 4 is 10.9 Å². The summed E-state index contributed by atoms with van der Waals surface area (Å²) in [6.07, 6.45) is 3.23. The Labute approximate surface area is 196 Å². The van der Waals surface area contributed by atoms with Gasteiger partial charge in [-0.05, 0) is 62.5 Å². The van der Waals surface area contributed by atoms with Gasteiger partial charge in [0, 0.05) is 27.9 Å². The van der Waals surface area contributed by atoms with E-state index in [0.29, 0.717) is 12.6 Å². The van der Waals surface area contributed by atoms with Crippen molar-refractivity contribution in [2.75, 3.05) is 13.6 Å². The molecule has 1 unspecified atom stereocenters. The molecule has 3 aromatic rings. The van der Waals surface area contributed by atoms with Crippen LogP contribution in [0.1, 0.15) is 61.2 Å². The van der Waals surface area contributed by atoms with Gasteiger partial charge in [-0.25, -0.2) is 0 Å². The average molecular weight is 440 g/mol. The van der Waals surface area contributed by atoms with Gasteiger partial charge in [-0.2, -0.15) is 5.26 Å². The number of hydrogen-bond donors (Lipinski definition) is 0. The number of para-hydroxylation sites is 1. The summed E-state index contributed by atoms with van der Waals surface area (Å²) in [5.74, 6) is 1.12. The van der Waals surface area contributed by atoms with Crippen LogP contribution < -0.4 is 4.74 Å². The molecule has 2 bridgehead atoms. The minimum Gasteiger partial charge on any atom is -0.483 e. The first-order valence-electron chi connectivity index (χ1n) is 12.5. The summed E-state index contributed by atoms with van der Waals surface area (Å²) in [5, 5.41) is 11.0. The van der Waals surface area contributed by atoms with Crippen LogP contribution in [0.5, 0.6) is 5.75 Å². The molecule has 0 amide bonds. The van der Waals surface area contributed by atoms with E-state index in [2.05, 4.69) is 72.8 Å². The topological polar surface area (TPSA) is 41.2 Å². The Morgan fingerprint density at radius 2 is 1.97 bits per heavy atom. The number of hydrogen-bond acceptors (Lipinski definition) is 3. The molecule has 4 heteroatoms. The van der Waals surface area contributed by atoms with Gasteiger partial charge < -0.3 is 14.2 Å². The number of aryl methyl sites for hydroxylation is 1. The van der Waals surface area contributed by atoms with Crippen LogP contribution in [0, 0.1) is 23.7 Å². The maximum absolute atomic E-state index is 9.71. The maximum atomic E-state index is 9.71. The van der Waals surface area contributed by atoms with Gasteiger partial charge in [-0.15, -0.1) is 0 Å². The second-order valence-corrected chi connectivity index (χ2v) is 10.4. The van der Waals surface area contributed by atoms with Crippen molar-refractivity contribution in [3.8, 4) is 11.8 Å². The molecule has 1 spiro atoms. The molecular formula is C29H33N3O. The molecule has 1 aromatic heterocycles. The highest BCUT2D eigenvalue weighted by molar-refractivity contribution is 5.87. The van der Waals surface area contributed by atoms with Crippen LogP contribution >= 0.6 is 0 Å². The summed E-state index contributed by atoms with van der Waals surface area (Å²) >= 11 is 0. The molecule has 170 valence electrons. The Balaban J connectivity index is 0.00000101. The SMILES string of the molecule is CC.Cc1ccc2c3c1OC1c4c(c5ccccc5n4CC#N)C[C@@]4(C)[C@@H](C2)N(C)CC[C@]314. The second-order valence-electron chi connectivity index (χ2n) is 10.4. The lowest BCUT2D eigenvalue weighted by molar-refractivity contribution is -0.0913. The van der Waals surface area contributed by atoms with E-state index >= 15 is 0 Å². The quantitative estimate of drug-likeness (QED) is 0.489. The van der Waals surface area contributed by atoms with Crippen molar-refractivity contribution in [2.45, 2.75) is 71.1 Å². The number of aromatic nitrogens is 1. The zero-order valence-corrected chi connectivity index (χ0v) is 20.4. The lowest BCUT2D eigenvalue weighted by Gasteiger charge is -2.64. The summed E-state index contributed by atoms with van der Waals surface area (Å²) in [7, 11) is 2.31. The number of ether oxygens (including phenoxy) is 1. The van der Waals surface area contributed by atoms with Gasteiger partial charge in [0.2, 0.25) is 0 Å². The predicted molar refractivity (Wildman–Crippen MR) is 132 cm³/mol. The molecule has 7 rings (SSSR count). The summed E-state index contributed by atoms with van der Waals surface area (Å²) in [6.45, 7) is 10.2. The Morgan fingerprint density at radius 3 is 2.76 bits per heavy atom. The first-order chi connectivity index (χ1) is 16.0. The zero-order chi connectivity index (χ0) is 23.1. The molecule has 2 aliphatic heterocycles. The normalized spacial score (nSPS) is 30.5. The highest BCUT2D eigenvalue weighted by atomic mass is 16.5. The number of nitriles is 1. The van der Waals surface area contributed by atoms with E-state index in [1.807, 2.05) is 13.8 Å². The minimum absolute atomic E-state index is 0.0200. The molecule has 0 N–H and O–H groups in total. The molecule has 4 nitrogen and oxygen atoms in total. The minimum atomic E-state index is -0.0201. The van der Waals surface area contributed by atoms with Gasteiger partial charge in [0.1, 0.15) is 18.4 Å². The number of rotatable bonds is 1. The molecule has 2 aromatic carbocycles. The Bertz CT molecular complexity index is 1330. The third-order valence-corrected chi connectivity index (χ3v) is 9.27. The van der Waals surface area contributed by atoms with Crippen LogP contribution in [0.15, 0.2) is 36.4 Å². The van der Waals surface area contributed by atoms with E-state index in [-0.39, 0.29) is 16.9 Å². The van der Waals surface area contributed by atoms with E-state index in [1.165, 1.54) is 38.9 Å². The highest BCUT2D eigenvalue weighted by Gasteiger charge is 2.70. The third kappa shape index (κ3) is 2.25. The van der Waals surface area contributed by atoms with Crippen LogP contribution in [-0.4, -0.2) is 29.1 Å². The lowest BCUT2D eigenvalue weighted by atomic mass is 9.44. The van der Waals surface area contributed by atoms with E-state index in [0.717, 1.165) is 31.6 Å². The first kappa shape index (κ1) is 20.8. The van der Waals surface area contributed by atoms with Crippen molar-refractivity contribution in [1.29, 1.82) is 5.26 Å². The molecule has 3 heterocycles. The van der Waals surface area contributed by atoms with Crippen LogP contribution in [0.3, 0.4) is 0 Å². The summed E-state index contributed by atoms with van der Waals surface area (Å²) in [6, 6.07) is 16.2. The molecule has 0 radical (unpaired) electrons. The van der Waals surface area contributed by atoms with Crippen molar-refractivity contribution in [2.24, 2.45) is 5.41 Å². The fraction of sp³-hybridized carbons (Fsp3) is 0.483. The molecule has 1 fully saturated rings. The lowest BCUT2D eigenvalue weighted by Crippen LogP contribution is -2.68. The molecule has 2 aliphatic carbocycles. The largest absolute Gasteiger partial charge is 0.483 e. The summed E-state index contributed by atoms with van der Waals surface area (Å²) in [4.78, 5) is 2.60. The van der Waals surface area contributed by atoms with E-state index in [4.69, 9.17) is 4.74 Å². The molecule has 0 saturated carbocycles. The van der Waals surface area contributed by atoms with Crippen molar-refractivity contribution < 1.29 is 4.74 Å². The second kappa shape index (κ2) is 6.87. The smallest absolute Gasteiger partial charge is 0.149 e. The van der Waals surface area contributed by atoms with Crippen LogP contribution in [0.4, 0.5) is 0 Å². The van der Waals surface area contributed by atoms with Gasteiger partial charge in [0.15, 0.2) is 0 Å². The van der Waals surface area contributed by atoms with E-state index < -0.39 is 0 Å².